The molecular weight excluding hydrogens is 314 g/mol. The fourth-order valence-corrected chi connectivity index (χ4v) is 4.13. The van der Waals surface area contributed by atoms with E-state index in [1.54, 1.807) is 0 Å². The van der Waals surface area contributed by atoms with Crippen molar-refractivity contribution in [2.45, 2.75) is 17.9 Å². The summed E-state index contributed by atoms with van der Waals surface area (Å²) in [6, 6.07) is 3.18. The Morgan fingerprint density at radius 3 is 2.74 bits per heavy atom. The van der Waals surface area contributed by atoms with Crippen LogP contribution in [-0.2, 0) is 10.0 Å². The van der Waals surface area contributed by atoms with Crippen molar-refractivity contribution < 1.29 is 12.8 Å². The van der Waals surface area contributed by atoms with Crippen molar-refractivity contribution in [3.8, 4) is 0 Å². The van der Waals surface area contributed by atoms with E-state index in [1.807, 2.05) is 6.92 Å². The summed E-state index contributed by atoms with van der Waals surface area (Å²) in [7, 11) is -3.66. The molecule has 1 N–H and O–H groups in total. The summed E-state index contributed by atoms with van der Waals surface area (Å²) in [6.07, 6.45) is 0. The molecule has 1 aromatic rings. The largest absolute Gasteiger partial charge is 0.314 e. The zero-order valence-corrected chi connectivity index (χ0v) is 12.7. The fourth-order valence-electron chi connectivity index (χ4n) is 1.99. The minimum atomic E-state index is -3.66. The molecule has 1 fully saturated rings. The van der Waals surface area contributed by atoms with Gasteiger partial charge in [0, 0.05) is 25.7 Å². The van der Waals surface area contributed by atoms with Crippen LogP contribution in [0.3, 0.4) is 0 Å². The SMILES string of the molecule is C[C@H]1CNCCN1S(=O)(=O)c1ccc(F)cc1Cl.Cl. The van der Waals surface area contributed by atoms with Crippen molar-refractivity contribution in [1.29, 1.82) is 0 Å². The van der Waals surface area contributed by atoms with Crippen LogP contribution in [0.5, 0.6) is 0 Å². The van der Waals surface area contributed by atoms with Gasteiger partial charge < -0.3 is 5.32 Å². The highest BCUT2D eigenvalue weighted by atomic mass is 35.5. The molecule has 2 rings (SSSR count). The molecule has 0 bridgehead atoms. The maximum Gasteiger partial charge on any atom is 0.244 e. The summed E-state index contributed by atoms with van der Waals surface area (Å²) >= 11 is 5.82. The Balaban J connectivity index is 0.00000180. The first-order chi connectivity index (χ1) is 8.43. The van der Waals surface area contributed by atoms with Crippen LogP contribution >= 0.6 is 24.0 Å². The van der Waals surface area contributed by atoms with Gasteiger partial charge in [-0.1, -0.05) is 11.6 Å². The van der Waals surface area contributed by atoms with Crippen LogP contribution < -0.4 is 5.32 Å². The average molecular weight is 329 g/mol. The first-order valence-electron chi connectivity index (χ1n) is 5.60. The zero-order valence-electron chi connectivity index (χ0n) is 10.3. The van der Waals surface area contributed by atoms with Crippen LogP contribution in [0.4, 0.5) is 4.39 Å². The Kier molecular flexibility index (Phi) is 5.58. The van der Waals surface area contributed by atoms with Gasteiger partial charge in [-0.05, 0) is 25.1 Å². The third kappa shape index (κ3) is 3.38. The number of nitrogens with zero attached hydrogens (tertiary/aromatic N) is 1. The van der Waals surface area contributed by atoms with E-state index in [2.05, 4.69) is 5.32 Å². The first kappa shape index (κ1) is 16.7. The van der Waals surface area contributed by atoms with Crippen LogP contribution in [0.2, 0.25) is 5.02 Å². The van der Waals surface area contributed by atoms with Gasteiger partial charge in [-0.2, -0.15) is 4.31 Å². The van der Waals surface area contributed by atoms with Crippen LogP contribution in [0, 0.1) is 5.82 Å². The monoisotopic (exact) mass is 328 g/mol. The molecule has 1 saturated heterocycles. The van der Waals surface area contributed by atoms with Crippen LogP contribution in [0.15, 0.2) is 23.1 Å². The second-order valence-corrected chi connectivity index (χ2v) is 6.51. The van der Waals surface area contributed by atoms with E-state index in [1.165, 1.54) is 10.4 Å². The molecule has 19 heavy (non-hydrogen) atoms. The van der Waals surface area contributed by atoms with E-state index < -0.39 is 15.8 Å². The molecule has 1 aromatic carbocycles. The van der Waals surface area contributed by atoms with Crippen molar-refractivity contribution >= 4 is 34.0 Å². The number of hydrogen-bond donors (Lipinski definition) is 1. The number of hydrogen-bond acceptors (Lipinski definition) is 3. The van der Waals surface area contributed by atoms with E-state index in [0.29, 0.717) is 19.6 Å². The van der Waals surface area contributed by atoms with E-state index in [9.17, 15) is 12.8 Å². The van der Waals surface area contributed by atoms with E-state index in [0.717, 1.165) is 12.1 Å². The summed E-state index contributed by atoms with van der Waals surface area (Å²) in [4.78, 5) is -0.0423. The van der Waals surface area contributed by atoms with Crippen molar-refractivity contribution in [3.63, 3.8) is 0 Å². The van der Waals surface area contributed by atoms with Gasteiger partial charge in [-0.25, -0.2) is 12.8 Å². The normalized spacial score (nSPS) is 20.9. The van der Waals surface area contributed by atoms with Gasteiger partial charge in [0.15, 0.2) is 0 Å². The third-order valence-electron chi connectivity index (χ3n) is 2.92. The molecule has 4 nitrogen and oxygen atoms in total. The van der Waals surface area contributed by atoms with E-state index >= 15 is 0 Å². The molecule has 1 heterocycles. The van der Waals surface area contributed by atoms with Crippen molar-refractivity contribution in [2.24, 2.45) is 0 Å². The topological polar surface area (TPSA) is 49.4 Å². The van der Waals surface area contributed by atoms with Gasteiger partial charge in [0.1, 0.15) is 10.7 Å². The third-order valence-corrected chi connectivity index (χ3v) is 5.42. The summed E-state index contributed by atoms with van der Waals surface area (Å²) in [5, 5.41) is 3.03. The Bertz CT molecular complexity index is 554. The molecule has 0 unspecified atom stereocenters. The minimum absolute atomic E-state index is 0. The molecule has 108 valence electrons. The maximum absolute atomic E-state index is 13.0. The zero-order chi connectivity index (χ0) is 13.3. The van der Waals surface area contributed by atoms with Gasteiger partial charge in [0.2, 0.25) is 10.0 Å². The Morgan fingerprint density at radius 2 is 2.16 bits per heavy atom. The standard InChI is InChI=1S/C11H14ClFN2O2S.ClH/c1-8-7-14-4-5-15(8)18(16,17)11-3-2-9(13)6-10(11)12;/h2-3,6,8,14H,4-5,7H2,1H3;1H/t8-;/m0./s1. The number of sulfonamides is 1. The quantitative estimate of drug-likeness (QED) is 0.901. The van der Waals surface area contributed by atoms with Crippen molar-refractivity contribution in [3.05, 3.63) is 29.0 Å². The summed E-state index contributed by atoms with van der Waals surface area (Å²) in [5.41, 5.74) is 0. The highest BCUT2D eigenvalue weighted by Crippen LogP contribution is 2.26. The highest BCUT2D eigenvalue weighted by Gasteiger charge is 2.32. The van der Waals surface area contributed by atoms with Gasteiger partial charge in [0.05, 0.1) is 5.02 Å². The van der Waals surface area contributed by atoms with Crippen molar-refractivity contribution in [1.82, 2.24) is 9.62 Å². The molecule has 1 aliphatic heterocycles. The predicted octanol–water partition coefficient (Wildman–Crippen LogP) is 1.88. The molecule has 0 saturated carbocycles. The Labute approximate surface area is 123 Å². The fraction of sp³-hybridized carbons (Fsp3) is 0.455. The van der Waals surface area contributed by atoms with Crippen LogP contribution in [-0.4, -0.2) is 38.4 Å². The minimum Gasteiger partial charge on any atom is -0.314 e. The lowest BCUT2D eigenvalue weighted by atomic mass is 10.3. The molecule has 0 radical (unpaired) electrons. The second-order valence-electron chi connectivity index (χ2n) is 4.24. The molecule has 1 aliphatic rings. The second kappa shape index (κ2) is 6.37. The van der Waals surface area contributed by atoms with Gasteiger partial charge in [0.25, 0.3) is 0 Å². The predicted molar refractivity (Wildman–Crippen MR) is 74.9 cm³/mol. The smallest absolute Gasteiger partial charge is 0.244 e. The molecule has 1 atom stereocenters. The molecule has 0 spiro atoms. The summed E-state index contributed by atoms with van der Waals surface area (Å²) in [5.74, 6) is -0.549. The van der Waals surface area contributed by atoms with Gasteiger partial charge >= 0.3 is 0 Å². The number of piperazine rings is 1. The molecular formula is C11H15Cl2FN2O2S. The van der Waals surface area contributed by atoms with E-state index in [-0.39, 0.29) is 28.4 Å². The number of rotatable bonds is 2. The van der Waals surface area contributed by atoms with Crippen LogP contribution in [0.1, 0.15) is 6.92 Å². The lowest BCUT2D eigenvalue weighted by Gasteiger charge is -2.33. The maximum atomic E-state index is 13.0. The highest BCUT2D eigenvalue weighted by molar-refractivity contribution is 7.89. The van der Waals surface area contributed by atoms with Crippen molar-refractivity contribution in [2.75, 3.05) is 19.6 Å². The lowest BCUT2D eigenvalue weighted by Crippen LogP contribution is -2.52. The number of benzene rings is 1. The van der Waals surface area contributed by atoms with Gasteiger partial charge in [-0.15, -0.1) is 12.4 Å². The summed E-state index contributed by atoms with van der Waals surface area (Å²) < 4.78 is 39.2. The number of nitrogens with one attached hydrogen (secondary N) is 1. The molecule has 0 aromatic heterocycles. The molecule has 8 heteroatoms. The summed E-state index contributed by atoms with van der Waals surface area (Å²) in [6.45, 7) is 3.40. The Hall–Kier alpha value is -0.400. The number of halogens is 3. The van der Waals surface area contributed by atoms with Gasteiger partial charge in [-0.3, -0.25) is 0 Å². The molecule has 0 aliphatic carbocycles. The molecule has 0 amide bonds. The van der Waals surface area contributed by atoms with E-state index in [4.69, 9.17) is 11.6 Å². The Morgan fingerprint density at radius 1 is 1.47 bits per heavy atom. The average Bonchev–Trinajstić information content (AvgIpc) is 2.28. The lowest BCUT2D eigenvalue weighted by molar-refractivity contribution is 0.284. The van der Waals surface area contributed by atoms with Crippen LogP contribution in [0.25, 0.3) is 0 Å². The first-order valence-corrected chi connectivity index (χ1v) is 7.42.